The van der Waals surface area contributed by atoms with E-state index in [9.17, 15) is 9.65 Å². The van der Waals surface area contributed by atoms with Crippen LogP contribution in [-0.2, 0) is 6.54 Å². The minimum Gasteiger partial charge on any atom is -0.367 e. The van der Waals surface area contributed by atoms with Gasteiger partial charge in [-0.05, 0) is 37.9 Å². The molecule has 0 amide bonds. The fraction of sp³-hybridized carbons (Fsp3) is 0.368. The van der Waals surface area contributed by atoms with Crippen molar-refractivity contribution >= 4 is 11.5 Å². The van der Waals surface area contributed by atoms with Crippen LogP contribution >= 0.6 is 0 Å². The molecule has 1 aromatic carbocycles. The van der Waals surface area contributed by atoms with Gasteiger partial charge in [0, 0.05) is 38.9 Å². The van der Waals surface area contributed by atoms with Crippen molar-refractivity contribution in [2.45, 2.75) is 6.54 Å². The Kier molecular flexibility index (Phi) is 5.15. The van der Waals surface area contributed by atoms with E-state index in [1.165, 1.54) is 11.6 Å². The third-order valence-corrected chi connectivity index (χ3v) is 4.36. The summed E-state index contributed by atoms with van der Waals surface area (Å²) in [7, 11) is 4.07. The Morgan fingerprint density at radius 3 is 2.44 bits per heavy atom. The molecule has 0 N–H and O–H groups in total. The highest BCUT2D eigenvalue weighted by Crippen LogP contribution is 2.24. The molecule has 0 saturated carbocycles. The molecule has 3 rings (SSSR count). The number of anilines is 2. The second kappa shape index (κ2) is 7.49. The molecule has 0 spiro atoms. The molecule has 0 atom stereocenters. The molecule has 1 aromatic heterocycles. The Morgan fingerprint density at radius 1 is 1.12 bits per heavy atom. The number of piperazine rings is 1. The highest BCUT2D eigenvalue weighted by molar-refractivity contribution is 5.60. The lowest BCUT2D eigenvalue weighted by Gasteiger charge is -2.37. The number of pyridine rings is 1. The average Bonchev–Trinajstić information content (AvgIpc) is 2.62. The molecule has 6 heteroatoms. The topological polar surface area (TPSA) is 46.4 Å². The maximum absolute atomic E-state index is 13.8. The lowest BCUT2D eigenvalue weighted by atomic mass is 10.1. The van der Waals surface area contributed by atoms with Crippen LogP contribution in [0.3, 0.4) is 0 Å². The third-order valence-electron chi connectivity index (χ3n) is 4.36. The van der Waals surface area contributed by atoms with Crippen LogP contribution in [0.25, 0.3) is 0 Å². The zero-order chi connectivity index (χ0) is 17.8. The maximum Gasteiger partial charge on any atom is 0.143 e. The molecule has 25 heavy (non-hydrogen) atoms. The summed E-state index contributed by atoms with van der Waals surface area (Å²) < 4.78 is 13.8. The van der Waals surface area contributed by atoms with Gasteiger partial charge in [0.1, 0.15) is 23.3 Å². The van der Waals surface area contributed by atoms with Gasteiger partial charge >= 0.3 is 0 Å². The summed E-state index contributed by atoms with van der Waals surface area (Å²) in [5.74, 6) is 0.502. The fourth-order valence-corrected chi connectivity index (χ4v) is 3.13. The molecule has 0 radical (unpaired) electrons. The molecule has 2 heterocycles. The van der Waals surface area contributed by atoms with Gasteiger partial charge in [-0.15, -0.1) is 0 Å². The van der Waals surface area contributed by atoms with Crippen LogP contribution in [0.4, 0.5) is 15.9 Å². The number of hydrogen-bond donors (Lipinski definition) is 0. The van der Waals surface area contributed by atoms with E-state index in [2.05, 4.69) is 31.8 Å². The number of nitrogens with zero attached hydrogens (tertiary/aromatic N) is 5. The summed E-state index contributed by atoms with van der Waals surface area (Å²) in [5, 5.41) is 9.21. The Bertz CT molecular complexity index is 758. The van der Waals surface area contributed by atoms with Gasteiger partial charge in [0.25, 0.3) is 0 Å². The van der Waals surface area contributed by atoms with E-state index in [-0.39, 0.29) is 5.56 Å². The third kappa shape index (κ3) is 3.89. The summed E-state index contributed by atoms with van der Waals surface area (Å²) in [5.41, 5.74) is 1.99. The fourth-order valence-electron chi connectivity index (χ4n) is 3.13. The van der Waals surface area contributed by atoms with E-state index in [4.69, 9.17) is 0 Å². The molecule has 1 aliphatic rings. The number of nitriles is 1. The van der Waals surface area contributed by atoms with Crippen LogP contribution in [0.1, 0.15) is 11.1 Å². The predicted octanol–water partition coefficient (Wildman–Crippen LogP) is 2.48. The molecule has 1 aliphatic heterocycles. The number of rotatable bonds is 4. The minimum absolute atomic E-state index is 0.127. The summed E-state index contributed by atoms with van der Waals surface area (Å²) in [6.07, 6.45) is 1.92. The van der Waals surface area contributed by atoms with Crippen molar-refractivity contribution in [1.29, 1.82) is 5.26 Å². The van der Waals surface area contributed by atoms with Gasteiger partial charge in [-0.2, -0.15) is 5.26 Å². The van der Waals surface area contributed by atoms with Crippen molar-refractivity contribution in [3.8, 4) is 6.07 Å². The highest BCUT2D eigenvalue weighted by atomic mass is 19.1. The van der Waals surface area contributed by atoms with E-state index in [0.29, 0.717) is 5.69 Å². The Labute approximate surface area is 147 Å². The summed E-state index contributed by atoms with van der Waals surface area (Å²) in [6.45, 7) is 3.93. The standard InChI is InChI=1S/C19H22FN5/c1-23(2)14-15-6-7-19(22-13-15)25-10-8-24(9-11-25)18-5-3-4-17(20)16(18)12-21/h3-7,13H,8-11,14H2,1-2H3. The zero-order valence-corrected chi connectivity index (χ0v) is 14.6. The molecule has 2 aromatic rings. The minimum atomic E-state index is -0.458. The van der Waals surface area contributed by atoms with Gasteiger partial charge < -0.3 is 14.7 Å². The van der Waals surface area contributed by atoms with Gasteiger partial charge in [-0.25, -0.2) is 9.37 Å². The van der Waals surface area contributed by atoms with Crippen LogP contribution in [0.5, 0.6) is 0 Å². The highest BCUT2D eigenvalue weighted by Gasteiger charge is 2.21. The van der Waals surface area contributed by atoms with Gasteiger partial charge in [-0.1, -0.05) is 12.1 Å². The molecule has 1 saturated heterocycles. The van der Waals surface area contributed by atoms with E-state index < -0.39 is 5.82 Å². The van der Waals surface area contributed by atoms with Crippen LogP contribution in [0, 0.1) is 17.1 Å². The van der Waals surface area contributed by atoms with E-state index in [1.807, 2.05) is 32.4 Å². The first-order valence-electron chi connectivity index (χ1n) is 8.36. The normalized spacial score (nSPS) is 14.7. The lowest BCUT2D eigenvalue weighted by Crippen LogP contribution is -2.47. The Morgan fingerprint density at radius 2 is 1.84 bits per heavy atom. The quantitative estimate of drug-likeness (QED) is 0.856. The first-order valence-corrected chi connectivity index (χ1v) is 8.36. The van der Waals surface area contributed by atoms with Gasteiger partial charge in [0.2, 0.25) is 0 Å². The van der Waals surface area contributed by atoms with Crippen molar-refractivity contribution in [2.24, 2.45) is 0 Å². The van der Waals surface area contributed by atoms with Crippen LogP contribution in [-0.4, -0.2) is 50.2 Å². The van der Waals surface area contributed by atoms with Gasteiger partial charge in [-0.3, -0.25) is 0 Å². The second-order valence-electron chi connectivity index (χ2n) is 6.48. The molecule has 1 fully saturated rings. The monoisotopic (exact) mass is 339 g/mol. The SMILES string of the molecule is CN(C)Cc1ccc(N2CCN(c3cccc(F)c3C#N)CC2)nc1. The molecule has 5 nitrogen and oxygen atoms in total. The molecule has 130 valence electrons. The van der Waals surface area contributed by atoms with Gasteiger partial charge in [0.15, 0.2) is 0 Å². The molecule has 0 aliphatic carbocycles. The van der Waals surface area contributed by atoms with Crippen molar-refractivity contribution in [3.63, 3.8) is 0 Å². The summed E-state index contributed by atoms with van der Waals surface area (Å²) in [4.78, 5) is 11.0. The van der Waals surface area contributed by atoms with E-state index in [1.54, 1.807) is 6.07 Å². The molecular formula is C19H22FN5. The maximum atomic E-state index is 13.8. The predicted molar refractivity (Wildman–Crippen MR) is 97.2 cm³/mol. The first kappa shape index (κ1) is 17.2. The summed E-state index contributed by atoms with van der Waals surface area (Å²) in [6, 6.07) is 10.9. The second-order valence-corrected chi connectivity index (χ2v) is 6.48. The number of benzene rings is 1. The first-order chi connectivity index (χ1) is 12.1. The molecular weight excluding hydrogens is 317 g/mol. The lowest BCUT2D eigenvalue weighted by molar-refractivity contribution is 0.402. The Hall–Kier alpha value is -2.65. The number of hydrogen-bond acceptors (Lipinski definition) is 5. The van der Waals surface area contributed by atoms with E-state index >= 15 is 0 Å². The largest absolute Gasteiger partial charge is 0.367 e. The Balaban J connectivity index is 1.66. The van der Waals surface area contributed by atoms with E-state index in [0.717, 1.165) is 38.5 Å². The summed E-state index contributed by atoms with van der Waals surface area (Å²) >= 11 is 0. The van der Waals surface area contributed by atoms with Crippen molar-refractivity contribution in [2.75, 3.05) is 50.1 Å². The van der Waals surface area contributed by atoms with Gasteiger partial charge in [0.05, 0.1) is 5.69 Å². The van der Waals surface area contributed by atoms with Crippen LogP contribution in [0.15, 0.2) is 36.5 Å². The smallest absolute Gasteiger partial charge is 0.143 e. The molecule has 0 unspecified atom stereocenters. The van der Waals surface area contributed by atoms with Crippen molar-refractivity contribution in [3.05, 3.63) is 53.5 Å². The zero-order valence-electron chi connectivity index (χ0n) is 14.6. The number of halogens is 1. The van der Waals surface area contributed by atoms with Crippen LogP contribution < -0.4 is 9.80 Å². The number of aromatic nitrogens is 1. The molecule has 0 bridgehead atoms. The van der Waals surface area contributed by atoms with Crippen LogP contribution in [0.2, 0.25) is 0 Å². The average molecular weight is 339 g/mol. The van der Waals surface area contributed by atoms with Crippen molar-refractivity contribution < 1.29 is 4.39 Å². The van der Waals surface area contributed by atoms with Crippen molar-refractivity contribution in [1.82, 2.24) is 9.88 Å².